The Hall–Kier alpha value is 0.0600. The molecule has 17 heavy (non-hydrogen) atoms. The summed E-state index contributed by atoms with van der Waals surface area (Å²) in [7, 11) is 0. The maximum absolute atomic E-state index is 11.4. The second kappa shape index (κ2) is 6.85. The van der Waals surface area contributed by atoms with Crippen molar-refractivity contribution in [2.75, 3.05) is 32.9 Å². The minimum atomic E-state index is -1.62. The molecule has 1 aliphatic rings. The number of carbonyl (C=O) groups excluding carboxylic acids is 1. The predicted octanol–water partition coefficient (Wildman–Crippen LogP) is 1.76. The number of hydrogen-bond donors (Lipinski definition) is 1. The van der Waals surface area contributed by atoms with Crippen molar-refractivity contribution in [3.05, 3.63) is 0 Å². The first kappa shape index (κ1) is 15.1. The summed E-state index contributed by atoms with van der Waals surface area (Å²) in [6, 6.07) is 0. The van der Waals surface area contributed by atoms with Crippen molar-refractivity contribution in [2.45, 2.75) is 16.9 Å². The average Bonchev–Trinajstić information content (AvgIpc) is 2.26. The van der Waals surface area contributed by atoms with E-state index in [2.05, 4.69) is 5.32 Å². The van der Waals surface area contributed by atoms with Crippen LogP contribution in [0.4, 0.5) is 4.79 Å². The standard InChI is InChI=1S/C9H15Cl3N2O3/c1-2-17-8(15)13-7(9(10,11)12)14-3-5-16-6-4-14/h7H,2-6H2,1H3,(H,13,15)/t7-/m0/s1. The summed E-state index contributed by atoms with van der Waals surface area (Å²) < 4.78 is 8.35. The predicted molar refractivity (Wildman–Crippen MR) is 66.6 cm³/mol. The largest absolute Gasteiger partial charge is 0.450 e. The van der Waals surface area contributed by atoms with Crippen LogP contribution in [0.15, 0.2) is 0 Å². The summed E-state index contributed by atoms with van der Waals surface area (Å²) in [5.41, 5.74) is 0. The molecule has 0 aromatic rings. The van der Waals surface area contributed by atoms with Gasteiger partial charge >= 0.3 is 6.09 Å². The number of amides is 1. The molecule has 8 heteroatoms. The Labute approximate surface area is 115 Å². The fourth-order valence-electron chi connectivity index (χ4n) is 1.50. The Morgan fingerprint density at radius 3 is 2.53 bits per heavy atom. The van der Waals surface area contributed by atoms with Crippen LogP contribution in [0.25, 0.3) is 0 Å². The quantitative estimate of drug-likeness (QED) is 0.807. The van der Waals surface area contributed by atoms with Gasteiger partial charge in [0, 0.05) is 13.1 Å². The summed E-state index contributed by atoms with van der Waals surface area (Å²) in [6.45, 7) is 4.24. The number of morpholine rings is 1. The molecule has 1 atom stereocenters. The lowest BCUT2D eigenvalue weighted by Gasteiger charge is -2.37. The van der Waals surface area contributed by atoms with Crippen LogP contribution >= 0.6 is 34.8 Å². The van der Waals surface area contributed by atoms with E-state index in [0.717, 1.165) is 0 Å². The number of carbonyl (C=O) groups is 1. The number of nitrogens with one attached hydrogen (secondary N) is 1. The molecule has 1 saturated heterocycles. The third kappa shape index (κ3) is 5.06. The molecule has 0 saturated carbocycles. The van der Waals surface area contributed by atoms with Gasteiger partial charge in [-0.2, -0.15) is 0 Å². The number of alkyl halides is 3. The Morgan fingerprint density at radius 2 is 2.06 bits per heavy atom. The van der Waals surface area contributed by atoms with E-state index in [0.29, 0.717) is 26.3 Å². The highest BCUT2D eigenvalue weighted by Crippen LogP contribution is 2.32. The van der Waals surface area contributed by atoms with Crippen molar-refractivity contribution in [2.24, 2.45) is 0 Å². The number of ether oxygens (including phenoxy) is 2. The molecule has 1 aliphatic heterocycles. The molecule has 0 spiro atoms. The number of rotatable bonds is 3. The van der Waals surface area contributed by atoms with Gasteiger partial charge in [-0.25, -0.2) is 4.79 Å². The summed E-state index contributed by atoms with van der Waals surface area (Å²) in [4.78, 5) is 13.2. The SMILES string of the molecule is CCOC(=O)N[C@@H](N1CCOCC1)C(Cl)(Cl)Cl. The van der Waals surface area contributed by atoms with Crippen LogP contribution < -0.4 is 5.32 Å². The van der Waals surface area contributed by atoms with E-state index >= 15 is 0 Å². The smallest absolute Gasteiger partial charge is 0.408 e. The fourth-order valence-corrected chi connectivity index (χ4v) is 2.08. The van der Waals surface area contributed by atoms with Crippen LogP contribution in [0.5, 0.6) is 0 Å². The van der Waals surface area contributed by atoms with Gasteiger partial charge in [0.1, 0.15) is 6.17 Å². The molecule has 0 aliphatic carbocycles. The van der Waals surface area contributed by atoms with E-state index in [4.69, 9.17) is 44.3 Å². The summed E-state index contributed by atoms with van der Waals surface area (Å²) in [5, 5.41) is 2.54. The van der Waals surface area contributed by atoms with Crippen LogP contribution in [0.2, 0.25) is 0 Å². The van der Waals surface area contributed by atoms with E-state index in [1.807, 2.05) is 4.90 Å². The highest BCUT2D eigenvalue weighted by molar-refractivity contribution is 6.68. The first-order valence-electron chi connectivity index (χ1n) is 5.27. The van der Waals surface area contributed by atoms with Crippen molar-refractivity contribution >= 4 is 40.9 Å². The molecular weight excluding hydrogens is 290 g/mol. The Kier molecular flexibility index (Phi) is 6.09. The topological polar surface area (TPSA) is 50.8 Å². The molecule has 5 nitrogen and oxygen atoms in total. The molecule has 0 radical (unpaired) electrons. The molecule has 1 N–H and O–H groups in total. The summed E-state index contributed by atoms with van der Waals surface area (Å²) in [6.07, 6.45) is -1.33. The highest BCUT2D eigenvalue weighted by atomic mass is 35.6. The Morgan fingerprint density at radius 1 is 1.47 bits per heavy atom. The number of hydrogen-bond acceptors (Lipinski definition) is 4. The fraction of sp³-hybridized carbons (Fsp3) is 0.889. The molecule has 1 amide bonds. The third-order valence-electron chi connectivity index (χ3n) is 2.25. The van der Waals surface area contributed by atoms with Gasteiger partial charge in [0.15, 0.2) is 0 Å². The van der Waals surface area contributed by atoms with Crippen LogP contribution in [-0.2, 0) is 9.47 Å². The minimum absolute atomic E-state index is 0.265. The zero-order chi connectivity index (χ0) is 12.9. The van der Waals surface area contributed by atoms with Crippen molar-refractivity contribution in [1.29, 1.82) is 0 Å². The van der Waals surface area contributed by atoms with E-state index in [1.54, 1.807) is 6.92 Å². The normalized spacial score (nSPS) is 19.8. The van der Waals surface area contributed by atoms with Crippen LogP contribution in [-0.4, -0.2) is 53.9 Å². The van der Waals surface area contributed by atoms with Crippen molar-refractivity contribution < 1.29 is 14.3 Å². The van der Waals surface area contributed by atoms with Crippen molar-refractivity contribution in [1.82, 2.24) is 10.2 Å². The van der Waals surface area contributed by atoms with E-state index < -0.39 is 16.1 Å². The second-order valence-electron chi connectivity index (χ2n) is 3.46. The first-order chi connectivity index (χ1) is 7.95. The molecule has 100 valence electrons. The van der Waals surface area contributed by atoms with Crippen molar-refractivity contribution in [3.63, 3.8) is 0 Å². The zero-order valence-corrected chi connectivity index (χ0v) is 11.7. The molecule has 1 heterocycles. The molecule has 0 aromatic heterocycles. The number of alkyl carbamates (subject to hydrolysis) is 1. The number of halogens is 3. The molecule has 0 aromatic carbocycles. The molecule has 1 rings (SSSR count). The monoisotopic (exact) mass is 304 g/mol. The maximum atomic E-state index is 11.4. The van der Waals surface area contributed by atoms with Crippen LogP contribution in [0.1, 0.15) is 6.92 Å². The highest BCUT2D eigenvalue weighted by Gasteiger charge is 2.39. The second-order valence-corrected chi connectivity index (χ2v) is 5.83. The lowest BCUT2D eigenvalue weighted by molar-refractivity contribution is 0.00918. The van der Waals surface area contributed by atoms with Crippen LogP contribution in [0.3, 0.4) is 0 Å². The maximum Gasteiger partial charge on any atom is 0.408 e. The van der Waals surface area contributed by atoms with E-state index in [-0.39, 0.29) is 6.61 Å². The molecule has 0 unspecified atom stereocenters. The molecule has 0 bridgehead atoms. The van der Waals surface area contributed by atoms with Gasteiger partial charge in [-0.1, -0.05) is 34.8 Å². The number of nitrogens with zero attached hydrogens (tertiary/aromatic N) is 1. The minimum Gasteiger partial charge on any atom is -0.450 e. The lowest BCUT2D eigenvalue weighted by atomic mass is 10.3. The van der Waals surface area contributed by atoms with Gasteiger partial charge in [0.2, 0.25) is 3.79 Å². The summed E-state index contributed by atoms with van der Waals surface area (Å²) in [5.74, 6) is 0. The van der Waals surface area contributed by atoms with Gasteiger partial charge in [-0.15, -0.1) is 0 Å². The van der Waals surface area contributed by atoms with Gasteiger partial charge in [-0.3, -0.25) is 4.90 Å². The zero-order valence-electron chi connectivity index (χ0n) is 9.42. The molecule has 1 fully saturated rings. The van der Waals surface area contributed by atoms with Crippen molar-refractivity contribution in [3.8, 4) is 0 Å². The van der Waals surface area contributed by atoms with Gasteiger partial charge in [-0.05, 0) is 6.92 Å². The Bertz CT molecular complexity index is 254. The Balaban J connectivity index is 2.63. The summed E-state index contributed by atoms with van der Waals surface area (Å²) >= 11 is 17.6. The first-order valence-corrected chi connectivity index (χ1v) is 6.40. The average molecular weight is 306 g/mol. The third-order valence-corrected chi connectivity index (χ3v) is 2.87. The van der Waals surface area contributed by atoms with Gasteiger partial charge in [0.25, 0.3) is 0 Å². The molecular formula is C9H15Cl3N2O3. The van der Waals surface area contributed by atoms with E-state index in [9.17, 15) is 4.79 Å². The van der Waals surface area contributed by atoms with E-state index in [1.165, 1.54) is 0 Å². The van der Waals surface area contributed by atoms with Gasteiger partial charge in [0.05, 0.1) is 19.8 Å². The van der Waals surface area contributed by atoms with Crippen LogP contribution in [0, 0.1) is 0 Å². The van der Waals surface area contributed by atoms with Gasteiger partial charge < -0.3 is 14.8 Å². The lowest BCUT2D eigenvalue weighted by Crippen LogP contribution is -2.58.